The van der Waals surface area contributed by atoms with Gasteiger partial charge in [0.2, 0.25) is 0 Å². The number of carbonyl (C=O) groups excluding carboxylic acids is 1. The van der Waals surface area contributed by atoms with Crippen molar-refractivity contribution in [2.75, 3.05) is 6.54 Å². The molecule has 2 aliphatic rings. The van der Waals surface area contributed by atoms with Gasteiger partial charge in [0.25, 0.3) is 5.91 Å². The third kappa shape index (κ3) is 3.28. The number of piperidine rings is 1. The average molecular weight is 428 g/mol. The fourth-order valence-corrected chi connectivity index (χ4v) is 4.98. The first-order valence-electron chi connectivity index (χ1n) is 10.6. The van der Waals surface area contributed by atoms with Crippen LogP contribution < -0.4 is 0 Å². The Labute approximate surface area is 177 Å². The fraction of sp³-hybridized carbons (Fsp3) is 0.435. The highest BCUT2D eigenvalue weighted by Gasteiger charge is 2.40. The quantitative estimate of drug-likeness (QED) is 0.561. The molecule has 31 heavy (non-hydrogen) atoms. The van der Waals surface area contributed by atoms with Crippen molar-refractivity contribution < 1.29 is 18.0 Å². The van der Waals surface area contributed by atoms with Gasteiger partial charge in [-0.15, -0.1) is 0 Å². The first-order valence-corrected chi connectivity index (χ1v) is 10.6. The number of aryl methyl sites for hydroxylation is 1. The Bertz CT molecular complexity index is 1180. The topological polar surface area (TPSA) is 50.5 Å². The molecule has 0 saturated carbocycles. The summed E-state index contributed by atoms with van der Waals surface area (Å²) >= 11 is 0. The highest BCUT2D eigenvalue weighted by molar-refractivity contribution is 5.93. The first-order chi connectivity index (χ1) is 14.7. The maximum Gasteiger partial charge on any atom is 0.433 e. The number of hydrogen-bond acceptors (Lipinski definition) is 3. The van der Waals surface area contributed by atoms with Crippen molar-refractivity contribution in [1.82, 2.24) is 19.5 Å². The molecule has 0 spiro atoms. The van der Waals surface area contributed by atoms with Crippen LogP contribution >= 0.6 is 0 Å². The molecule has 1 amide bonds. The van der Waals surface area contributed by atoms with E-state index < -0.39 is 11.9 Å². The Morgan fingerprint density at radius 2 is 1.94 bits per heavy atom. The molecular formula is C23H23F3N4O. The number of halogens is 3. The highest BCUT2D eigenvalue weighted by atomic mass is 19.4. The lowest BCUT2D eigenvalue weighted by Gasteiger charge is -2.36. The fourth-order valence-electron chi connectivity index (χ4n) is 4.98. The van der Waals surface area contributed by atoms with Crippen molar-refractivity contribution >= 4 is 11.6 Å². The minimum Gasteiger partial charge on any atom is -0.335 e. The van der Waals surface area contributed by atoms with Crippen molar-refractivity contribution in [1.29, 1.82) is 0 Å². The molecule has 5 nitrogen and oxygen atoms in total. The minimum atomic E-state index is -4.61. The summed E-state index contributed by atoms with van der Waals surface area (Å²) in [6.07, 6.45) is -2.13. The molecule has 1 aromatic carbocycles. The second kappa shape index (κ2) is 7.07. The number of fused-ring (bicyclic) bond motifs is 4. The molecule has 1 fully saturated rings. The molecule has 3 heterocycles. The Morgan fingerprint density at radius 1 is 1.16 bits per heavy atom. The normalized spacial score (nSPS) is 21.1. The van der Waals surface area contributed by atoms with Gasteiger partial charge in [-0.05, 0) is 44.1 Å². The number of likely N-dealkylation sites (tertiary alicyclic amines) is 1. The molecular weight excluding hydrogens is 405 g/mol. The zero-order valence-electron chi connectivity index (χ0n) is 17.4. The van der Waals surface area contributed by atoms with E-state index in [4.69, 9.17) is 0 Å². The summed E-state index contributed by atoms with van der Waals surface area (Å²) in [4.78, 5) is 19.4. The van der Waals surface area contributed by atoms with Crippen LogP contribution in [0.25, 0.3) is 16.9 Å². The minimum absolute atomic E-state index is 0.00929. The number of rotatable bonds is 1. The van der Waals surface area contributed by atoms with Gasteiger partial charge in [0.05, 0.1) is 5.69 Å². The largest absolute Gasteiger partial charge is 0.433 e. The van der Waals surface area contributed by atoms with E-state index in [0.29, 0.717) is 30.1 Å². The lowest BCUT2D eigenvalue weighted by Crippen LogP contribution is -2.44. The van der Waals surface area contributed by atoms with Gasteiger partial charge < -0.3 is 4.90 Å². The van der Waals surface area contributed by atoms with Gasteiger partial charge in [-0.2, -0.15) is 18.3 Å². The molecule has 0 bridgehead atoms. The van der Waals surface area contributed by atoms with Crippen molar-refractivity contribution in [2.24, 2.45) is 5.92 Å². The third-order valence-corrected chi connectivity index (χ3v) is 6.50. The van der Waals surface area contributed by atoms with Crippen LogP contribution in [-0.2, 0) is 19.0 Å². The molecule has 8 heteroatoms. The summed E-state index contributed by atoms with van der Waals surface area (Å²) in [5.41, 5.74) is 1.39. The lowest BCUT2D eigenvalue weighted by molar-refractivity contribution is -0.143. The first kappa shape index (κ1) is 20.0. The van der Waals surface area contributed by atoms with E-state index in [0.717, 1.165) is 22.9 Å². The monoisotopic (exact) mass is 428 g/mol. The second-order valence-corrected chi connectivity index (χ2v) is 8.72. The van der Waals surface area contributed by atoms with E-state index in [1.807, 2.05) is 19.1 Å². The second-order valence-electron chi connectivity index (χ2n) is 8.72. The van der Waals surface area contributed by atoms with Gasteiger partial charge in [-0.1, -0.05) is 31.2 Å². The summed E-state index contributed by atoms with van der Waals surface area (Å²) in [6, 6.07) is 8.81. The summed E-state index contributed by atoms with van der Waals surface area (Å²) in [5, 5.41) is 4.11. The number of carbonyl (C=O) groups is 1. The Balaban J connectivity index is 1.66. The summed E-state index contributed by atoms with van der Waals surface area (Å²) in [7, 11) is 0. The summed E-state index contributed by atoms with van der Waals surface area (Å²) in [6.45, 7) is 4.70. The Morgan fingerprint density at radius 3 is 2.68 bits per heavy atom. The van der Waals surface area contributed by atoms with Gasteiger partial charge in [0.1, 0.15) is 0 Å². The standard InChI is InChI=1S/C23H23F3N4O/c1-13-9-10-29(14(2)11-13)22(31)18-12-19-27-20-16-6-4-3-5-15(16)7-8-17(20)21(23(24,25)26)30(19)28-18/h3-6,12-14H,7-11H2,1-2H3. The van der Waals surface area contributed by atoms with Crippen LogP contribution in [0.5, 0.6) is 0 Å². The van der Waals surface area contributed by atoms with Gasteiger partial charge in [-0.3, -0.25) is 4.79 Å². The Kier molecular flexibility index (Phi) is 4.57. The molecule has 0 radical (unpaired) electrons. The molecule has 1 saturated heterocycles. The zero-order valence-corrected chi connectivity index (χ0v) is 17.4. The number of hydrogen-bond donors (Lipinski definition) is 0. The van der Waals surface area contributed by atoms with Gasteiger partial charge >= 0.3 is 6.18 Å². The van der Waals surface area contributed by atoms with Crippen molar-refractivity contribution in [3.63, 3.8) is 0 Å². The number of benzene rings is 1. The van der Waals surface area contributed by atoms with Crippen LogP contribution in [0.3, 0.4) is 0 Å². The molecule has 1 aliphatic carbocycles. The summed E-state index contributed by atoms with van der Waals surface area (Å²) < 4.78 is 43.3. The van der Waals surface area contributed by atoms with E-state index in [2.05, 4.69) is 17.0 Å². The van der Waals surface area contributed by atoms with Gasteiger partial charge in [0.15, 0.2) is 17.0 Å². The number of alkyl halides is 3. The maximum atomic E-state index is 14.2. The Hall–Kier alpha value is -2.90. The van der Waals surface area contributed by atoms with Crippen LogP contribution in [-0.4, -0.2) is 38.0 Å². The molecule has 5 rings (SSSR count). The van der Waals surface area contributed by atoms with Gasteiger partial charge in [-0.25, -0.2) is 9.50 Å². The number of nitrogens with zero attached hydrogens (tertiary/aromatic N) is 4. The van der Waals surface area contributed by atoms with Crippen molar-refractivity contribution in [3.8, 4) is 11.3 Å². The molecule has 2 atom stereocenters. The smallest absolute Gasteiger partial charge is 0.335 e. The SMILES string of the molecule is CC1CCN(C(=O)c2cc3nc4c(c(C(F)(F)F)n3n2)CCc2ccccc2-4)C(C)C1. The third-order valence-electron chi connectivity index (χ3n) is 6.50. The zero-order chi connectivity index (χ0) is 21.9. The average Bonchev–Trinajstić information content (AvgIpc) is 3.14. The van der Waals surface area contributed by atoms with E-state index in [1.165, 1.54) is 6.07 Å². The molecule has 2 aromatic heterocycles. The van der Waals surface area contributed by atoms with Crippen molar-refractivity contribution in [2.45, 2.75) is 51.7 Å². The predicted octanol–water partition coefficient (Wildman–Crippen LogP) is 4.77. The molecule has 1 aliphatic heterocycles. The predicted molar refractivity (Wildman–Crippen MR) is 110 cm³/mol. The maximum absolute atomic E-state index is 14.2. The molecule has 0 N–H and O–H groups in total. The van der Waals surface area contributed by atoms with E-state index >= 15 is 0 Å². The van der Waals surface area contributed by atoms with E-state index in [1.54, 1.807) is 17.0 Å². The van der Waals surface area contributed by atoms with Crippen molar-refractivity contribution in [3.05, 3.63) is 52.8 Å². The van der Waals surface area contributed by atoms with Crippen LogP contribution in [0.1, 0.15) is 54.0 Å². The molecule has 162 valence electrons. The number of aromatic nitrogens is 3. The lowest BCUT2D eigenvalue weighted by atomic mass is 9.88. The van der Waals surface area contributed by atoms with Crippen LogP contribution in [0.4, 0.5) is 13.2 Å². The number of amides is 1. The van der Waals surface area contributed by atoms with E-state index in [9.17, 15) is 18.0 Å². The van der Waals surface area contributed by atoms with Gasteiger partial charge in [0, 0.05) is 29.8 Å². The van der Waals surface area contributed by atoms with Crippen LogP contribution in [0, 0.1) is 5.92 Å². The van der Waals surface area contributed by atoms with E-state index in [-0.39, 0.29) is 35.3 Å². The van der Waals surface area contributed by atoms with Crippen LogP contribution in [0.2, 0.25) is 0 Å². The highest BCUT2D eigenvalue weighted by Crippen LogP contribution is 2.40. The molecule has 3 aromatic rings. The molecule has 2 unspecified atom stereocenters. The van der Waals surface area contributed by atoms with Crippen LogP contribution in [0.15, 0.2) is 30.3 Å². The summed E-state index contributed by atoms with van der Waals surface area (Å²) in [5.74, 6) is 0.182.